The van der Waals surface area contributed by atoms with Gasteiger partial charge < -0.3 is 14.7 Å². The molecule has 0 atom stereocenters. The highest BCUT2D eigenvalue weighted by atomic mass is 16.5. The molecule has 1 N–H and O–H groups in total. The molecular weight excluding hydrogens is 338 g/mol. The number of benzene rings is 2. The summed E-state index contributed by atoms with van der Waals surface area (Å²) in [6, 6.07) is 11.0. The number of phenols is 1. The monoisotopic (exact) mass is 367 g/mol. The van der Waals surface area contributed by atoms with Gasteiger partial charge in [0, 0.05) is 23.2 Å². The maximum atomic E-state index is 12.6. The van der Waals surface area contributed by atoms with Gasteiger partial charge in [-0.25, -0.2) is 0 Å². The van der Waals surface area contributed by atoms with Gasteiger partial charge in [-0.1, -0.05) is 26.8 Å². The number of ketones is 1. The van der Waals surface area contributed by atoms with Crippen LogP contribution < -0.4 is 4.74 Å². The van der Waals surface area contributed by atoms with E-state index in [0.717, 1.165) is 16.9 Å². The maximum absolute atomic E-state index is 12.6. The molecule has 0 heterocycles. The van der Waals surface area contributed by atoms with E-state index in [1.54, 1.807) is 37.5 Å². The highest BCUT2D eigenvalue weighted by molar-refractivity contribution is 6.07. The van der Waals surface area contributed by atoms with Crippen LogP contribution in [0.3, 0.4) is 0 Å². The number of phenolic OH excluding ortho intramolecular Hbond substituents is 1. The van der Waals surface area contributed by atoms with Gasteiger partial charge in [0.05, 0.1) is 7.11 Å². The topological polar surface area (TPSA) is 49.8 Å². The molecule has 4 heteroatoms. The Morgan fingerprint density at radius 1 is 1.15 bits per heavy atom. The first kappa shape index (κ1) is 20.7. The van der Waals surface area contributed by atoms with Gasteiger partial charge in [0.25, 0.3) is 0 Å². The van der Waals surface area contributed by atoms with Gasteiger partial charge in [0.1, 0.15) is 11.5 Å². The lowest BCUT2D eigenvalue weighted by atomic mass is 9.86. The first-order valence-electron chi connectivity index (χ1n) is 8.99. The minimum Gasteiger partial charge on any atom is -0.508 e. The van der Waals surface area contributed by atoms with Crippen LogP contribution in [-0.4, -0.2) is 37.0 Å². The predicted octanol–water partition coefficient (Wildman–Crippen LogP) is 4.66. The van der Waals surface area contributed by atoms with Crippen LogP contribution in [0.25, 0.3) is 6.08 Å². The molecule has 0 bridgehead atoms. The van der Waals surface area contributed by atoms with Crippen molar-refractivity contribution < 1.29 is 14.6 Å². The van der Waals surface area contributed by atoms with Gasteiger partial charge in [-0.3, -0.25) is 4.79 Å². The lowest BCUT2D eigenvalue weighted by Crippen LogP contribution is -2.11. The van der Waals surface area contributed by atoms with Crippen LogP contribution in [-0.2, 0) is 12.0 Å². The molecule has 2 rings (SSSR count). The van der Waals surface area contributed by atoms with Crippen LogP contribution in [0.4, 0.5) is 0 Å². The summed E-state index contributed by atoms with van der Waals surface area (Å²) >= 11 is 0. The number of carbonyl (C=O) groups excluding carboxylic acids is 1. The third kappa shape index (κ3) is 5.44. The fourth-order valence-corrected chi connectivity index (χ4v) is 2.80. The van der Waals surface area contributed by atoms with Gasteiger partial charge in [-0.15, -0.1) is 0 Å². The van der Waals surface area contributed by atoms with Crippen molar-refractivity contribution in [1.29, 1.82) is 0 Å². The van der Waals surface area contributed by atoms with Crippen molar-refractivity contribution in [1.82, 2.24) is 4.90 Å². The zero-order chi connectivity index (χ0) is 20.2. The van der Waals surface area contributed by atoms with E-state index in [9.17, 15) is 9.90 Å². The highest BCUT2D eigenvalue weighted by Crippen LogP contribution is 2.29. The second kappa shape index (κ2) is 8.40. The van der Waals surface area contributed by atoms with Gasteiger partial charge >= 0.3 is 0 Å². The Balaban J connectivity index is 2.31. The Morgan fingerprint density at radius 2 is 1.85 bits per heavy atom. The van der Waals surface area contributed by atoms with Crippen LogP contribution >= 0.6 is 0 Å². The van der Waals surface area contributed by atoms with Crippen molar-refractivity contribution in [3.05, 3.63) is 64.7 Å². The Kier molecular flexibility index (Phi) is 6.45. The zero-order valence-corrected chi connectivity index (χ0v) is 17.0. The Labute approximate surface area is 162 Å². The summed E-state index contributed by atoms with van der Waals surface area (Å²) in [7, 11) is 5.46. The SMILES string of the molecule is COc1ccc(C(C)(C)C)cc1C=CC(=O)c1ccc(O)c(CN(C)C)c1. The molecule has 2 aromatic carbocycles. The number of hydrogen-bond acceptors (Lipinski definition) is 4. The van der Waals surface area contributed by atoms with E-state index < -0.39 is 0 Å². The summed E-state index contributed by atoms with van der Waals surface area (Å²) in [5, 5.41) is 9.98. The largest absolute Gasteiger partial charge is 0.508 e. The molecule has 144 valence electrons. The van der Waals surface area contributed by atoms with Gasteiger partial charge in [-0.05, 0) is 67.6 Å². The molecule has 0 amide bonds. The van der Waals surface area contributed by atoms with E-state index in [4.69, 9.17) is 4.74 Å². The summed E-state index contributed by atoms with van der Waals surface area (Å²) in [6.45, 7) is 7.01. The van der Waals surface area contributed by atoms with Crippen LogP contribution in [0, 0.1) is 0 Å². The molecule has 2 aromatic rings. The molecule has 0 radical (unpaired) electrons. The van der Waals surface area contributed by atoms with Crippen molar-refractivity contribution in [2.24, 2.45) is 0 Å². The molecule has 27 heavy (non-hydrogen) atoms. The van der Waals surface area contributed by atoms with Crippen molar-refractivity contribution in [2.45, 2.75) is 32.7 Å². The van der Waals surface area contributed by atoms with E-state index in [1.165, 1.54) is 5.56 Å². The van der Waals surface area contributed by atoms with E-state index in [0.29, 0.717) is 12.1 Å². The highest BCUT2D eigenvalue weighted by Gasteiger charge is 2.15. The number of ether oxygens (including phenoxy) is 1. The van der Waals surface area contributed by atoms with Crippen LogP contribution in [0.2, 0.25) is 0 Å². The minimum absolute atomic E-state index is 0.0108. The predicted molar refractivity (Wildman–Crippen MR) is 111 cm³/mol. The van der Waals surface area contributed by atoms with E-state index in [1.807, 2.05) is 31.1 Å². The number of methoxy groups -OCH3 is 1. The standard InChI is InChI=1S/C23H29NO3/c1-23(2,3)19-9-12-22(27-6)17(14-19)8-11-20(25)16-7-10-21(26)18(13-16)15-24(4)5/h7-14,26H,15H2,1-6H3. The maximum Gasteiger partial charge on any atom is 0.185 e. The summed E-state index contributed by atoms with van der Waals surface area (Å²) in [4.78, 5) is 14.6. The van der Waals surface area contributed by atoms with Crippen LogP contribution in [0.1, 0.15) is 47.8 Å². The number of hydrogen-bond donors (Lipinski definition) is 1. The fourth-order valence-electron chi connectivity index (χ4n) is 2.80. The fraction of sp³-hybridized carbons (Fsp3) is 0.348. The quantitative estimate of drug-likeness (QED) is 0.596. The molecule has 0 aliphatic carbocycles. The number of allylic oxidation sites excluding steroid dienone is 1. The number of carbonyl (C=O) groups is 1. The van der Waals surface area contributed by atoms with Crippen LogP contribution in [0.5, 0.6) is 11.5 Å². The zero-order valence-electron chi connectivity index (χ0n) is 17.0. The third-order valence-corrected chi connectivity index (χ3v) is 4.36. The summed E-state index contributed by atoms with van der Waals surface area (Å²) in [5.74, 6) is 0.813. The van der Waals surface area contributed by atoms with Crippen molar-refractivity contribution in [3.8, 4) is 11.5 Å². The Bertz CT molecular complexity index is 845. The second-order valence-electron chi connectivity index (χ2n) is 7.99. The molecule has 0 aliphatic heterocycles. The van der Waals surface area contributed by atoms with E-state index in [-0.39, 0.29) is 16.9 Å². The normalized spacial score (nSPS) is 12.0. The van der Waals surface area contributed by atoms with Crippen molar-refractivity contribution >= 4 is 11.9 Å². The van der Waals surface area contributed by atoms with Gasteiger partial charge in [0.15, 0.2) is 5.78 Å². The average Bonchev–Trinajstić information content (AvgIpc) is 2.60. The van der Waals surface area contributed by atoms with Crippen molar-refractivity contribution in [2.75, 3.05) is 21.2 Å². The molecule has 0 saturated heterocycles. The molecule has 0 unspecified atom stereocenters. The van der Waals surface area contributed by atoms with Crippen molar-refractivity contribution in [3.63, 3.8) is 0 Å². The molecule has 0 fully saturated rings. The second-order valence-corrected chi connectivity index (χ2v) is 7.99. The Morgan fingerprint density at radius 3 is 2.44 bits per heavy atom. The third-order valence-electron chi connectivity index (χ3n) is 4.36. The number of rotatable bonds is 6. The molecule has 0 saturated carbocycles. The first-order chi connectivity index (χ1) is 12.6. The molecule has 0 spiro atoms. The number of nitrogens with zero attached hydrogens (tertiary/aromatic N) is 1. The summed E-state index contributed by atoms with van der Waals surface area (Å²) in [5.41, 5.74) is 3.33. The molecular formula is C23H29NO3. The first-order valence-corrected chi connectivity index (χ1v) is 8.99. The molecule has 4 nitrogen and oxygen atoms in total. The molecule has 0 aromatic heterocycles. The van der Waals surface area contributed by atoms with E-state index >= 15 is 0 Å². The smallest absolute Gasteiger partial charge is 0.185 e. The Hall–Kier alpha value is -2.59. The summed E-state index contributed by atoms with van der Waals surface area (Å²) in [6.07, 6.45) is 3.34. The van der Waals surface area contributed by atoms with E-state index in [2.05, 4.69) is 26.8 Å². The lowest BCUT2D eigenvalue weighted by Gasteiger charge is -2.20. The summed E-state index contributed by atoms with van der Waals surface area (Å²) < 4.78 is 5.43. The van der Waals surface area contributed by atoms with Crippen LogP contribution in [0.15, 0.2) is 42.5 Å². The van der Waals surface area contributed by atoms with Gasteiger partial charge in [0.2, 0.25) is 0 Å². The number of aromatic hydroxyl groups is 1. The minimum atomic E-state index is -0.113. The van der Waals surface area contributed by atoms with Gasteiger partial charge in [-0.2, -0.15) is 0 Å². The lowest BCUT2D eigenvalue weighted by molar-refractivity contribution is 0.104. The average molecular weight is 367 g/mol. The molecule has 0 aliphatic rings.